The predicted molar refractivity (Wildman–Crippen MR) is 52.7 cm³/mol. The number of piperidine rings is 1. The summed E-state index contributed by atoms with van der Waals surface area (Å²) in [6.07, 6.45) is 4.53. The molecule has 1 aliphatic heterocycles. The first-order valence-corrected chi connectivity index (χ1v) is 4.57. The van der Waals surface area contributed by atoms with Crippen molar-refractivity contribution in [3.63, 3.8) is 0 Å². The van der Waals surface area contributed by atoms with Crippen LogP contribution in [0.3, 0.4) is 0 Å². The zero-order valence-corrected chi connectivity index (χ0v) is 8.32. The van der Waals surface area contributed by atoms with Gasteiger partial charge < -0.3 is 9.80 Å². The Kier molecular flexibility index (Phi) is 3.53. The lowest BCUT2D eigenvalue weighted by molar-refractivity contribution is 0.185. The van der Waals surface area contributed by atoms with Gasteiger partial charge in [-0.25, -0.2) is 0 Å². The topological polar surface area (TPSA) is 18.8 Å². The van der Waals surface area contributed by atoms with Gasteiger partial charge in [0.1, 0.15) is 0 Å². The van der Waals surface area contributed by atoms with Gasteiger partial charge in [0, 0.05) is 26.7 Å². The summed E-state index contributed by atoms with van der Waals surface area (Å²) >= 11 is 0. The molecule has 12 heavy (non-hydrogen) atoms. The number of likely N-dealkylation sites (tertiary alicyclic amines) is 1. The third-order valence-corrected chi connectivity index (χ3v) is 2.47. The molecular weight excluding hydrogens is 150 g/mol. The first kappa shape index (κ1) is 9.52. The zero-order valence-electron chi connectivity index (χ0n) is 8.32. The van der Waals surface area contributed by atoms with Crippen LogP contribution in [0.1, 0.15) is 12.8 Å². The van der Waals surface area contributed by atoms with E-state index in [1.165, 1.54) is 25.9 Å². The summed E-state index contributed by atoms with van der Waals surface area (Å²) in [6, 6.07) is 0.660. The first-order valence-electron chi connectivity index (χ1n) is 4.57. The van der Waals surface area contributed by atoms with Gasteiger partial charge in [-0.1, -0.05) is 0 Å². The molecule has 0 saturated carbocycles. The van der Waals surface area contributed by atoms with Crippen LogP contribution in [-0.2, 0) is 0 Å². The summed E-state index contributed by atoms with van der Waals surface area (Å²) in [5, 5.41) is 0. The smallest absolute Gasteiger partial charge is 0.0846 e. The van der Waals surface area contributed by atoms with Crippen molar-refractivity contribution in [1.82, 2.24) is 9.80 Å². The van der Waals surface area contributed by atoms with E-state index in [4.69, 9.17) is 0 Å². The number of aliphatic imine (C=N–C) groups is 1. The van der Waals surface area contributed by atoms with Crippen molar-refractivity contribution >= 4 is 6.34 Å². The van der Waals surface area contributed by atoms with Crippen molar-refractivity contribution in [2.24, 2.45) is 4.99 Å². The summed E-state index contributed by atoms with van der Waals surface area (Å²) in [4.78, 5) is 8.62. The summed E-state index contributed by atoms with van der Waals surface area (Å²) in [6.45, 7) is 2.41. The highest BCUT2D eigenvalue weighted by molar-refractivity contribution is 5.54. The van der Waals surface area contributed by atoms with Crippen molar-refractivity contribution < 1.29 is 0 Å². The van der Waals surface area contributed by atoms with Crippen molar-refractivity contribution in [3.05, 3.63) is 0 Å². The van der Waals surface area contributed by atoms with E-state index < -0.39 is 0 Å². The molecule has 1 fully saturated rings. The molecule has 1 aliphatic rings. The highest BCUT2D eigenvalue weighted by Crippen LogP contribution is 2.11. The standard InChI is InChI=1S/C9H19N3/c1-10-8-12(3)9-5-4-6-11(2)7-9/h8-9H,4-7H2,1-3H3. The van der Waals surface area contributed by atoms with Crippen LogP contribution in [0.15, 0.2) is 4.99 Å². The number of hydrogen-bond donors (Lipinski definition) is 0. The van der Waals surface area contributed by atoms with Crippen LogP contribution in [0.2, 0.25) is 0 Å². The number of rotatable bonds is 2. The molecule has 0 spiro atoms. The maximum Gasteiger partial charge on any atom is 0.0846 e. The van der Waals surface area contributed by atoms with E-state index in [9.17, 15) is 0 Å². The van der Waals surface area contributed by atoms with Crippen LogP contribution in [0.4, 0.5) is 0 Å². The second kappa shape index (κ2) is 4.45. The summed E-state index contributed by atoms with van der Waals surface area (Å²) in [5.74, 6) is 0. The van der Waals surface area contributed by atoms with E-state index in [0.29, 0.717) is 6.04 Å². The van der Waals surface area contributed by atoms with Crippen LogP contribution in [0.25, 0.3) is 0 Å². The van der Waals surface area contributed by atoms with Gasteiger partial charge in [0.25, 0.3) is 0 Å². The van der Waals surface area contributed by atoms with Gasteiger partial charge in [-0.15, -0.1) is 0 Å². The van der Waals surface area contributed by atoms with Crippen molar-refractivity contribution in [3.8, 4) is 0 Å². The Hall–Kier alpha value is -0.570. The fourth-order valence-electron chi connectivity index (χ4n) is 1.75. The Bertz CT molecular complexity index is 156. The van der Waals surface area contributed by atoms with Crippen LogP contribution in [0, 0.1) is 0 Å². The van der Waals surface area contributed by atoms with E-state index in [2.05, 4.69) is 28.9 Å². The van der Waals surface area contributed by atoms with Crippen LogP contribution in [0.5, 0.6) is 0 Å². The Morgan fingerprint density at radius 2 is 2.33 bits per heavy atom. The van der Waals surface area contributed by atoms with Crippen molar-refractivity contribution in [2.45, 2.75) is 18.9 Å². The molecule has 0 aromatic heterocycles. The number of nitrogens with zero attached hydrogens (tertiary/aromatic N) is 3. The fourth-order valence-corrected chi connectivity index (χ4v) is 1.75. The van der Waals surface area contributed by atoms with Gasteiger partial charge in [-0.05, 0) is 26.4 Å². The van der Waals surface area contributed by atoms with Crippen LogP contribution < -0.4 is 0 Å². The van der Waals surface area contributed by atoms with E-state index in [1.54, 1.807) is 0 Å². The van der Waals surface area contributed by atoms with Crippen molar-refractivity contribution in [2.75, 3.05) is 34.2 Å². The molecule has 0 amide bonds. The van der Waals surface area contributed by atoms with E-state index in [1.807, 2.05) is 13.4 Å². The van der Waals surface area contributed by atoms with Gasteiger partial charge in [0.2, 0.25) is 0 Å². The van der Waals surface area contributed by atoms with E-state index >= 15 is 0 Å². The highest BCUT2D eigenvalue weighted by Gasteiger charge is 2.18. The lowest BCUT2D eigenvalue weighted by Crippen LogP contribution is -2.44. The molecule has 3 nitrogen and oxygen atoms in total. The Balaban J connectivity index is 2.39. The molecule has 1 rings (SSSR count). The Morgan fingerprint density at radius 1 is 1.58 bits per heavy atom. The molecule has 1 saturated heterocycles. The average Bonchev–Trinajstić information content (AvgIpc) is 2.05. The lowest BCUT2D eigenvalue weighted by atomic mass is 10.1. The molecule has 1 unspecified atom stereocenters. The molecule has 1 atom stereocenters. The molecule has 3 heteroatoms. The molecule has 1 heterocycles. The quantitative estimate of drug-likeness (QED) is 0.447. The largest absolute Gasteiger partial charge is 0.362 e. The summed E-state index contributed by atoms with van der Waals surface area (Å²) in [5.41, 5.74) is 0. The van der Waals surface area contributed by atoms with Gasteiger partial charge >= 0.3 is 0 Å². The Labute approximate surface area is 75.1 Å². The van der Waals surface area contributed by atoms with E-state index in [0.717, 1.165) is 0 Å². The molecule has 0 N–H and O–H groups in total. The lowest BCUT2D eigenvalue weighted by Gasteiger charge is -2.34. The SMILES string of the molecule is CN=CN(C)C1CCCN(C)C1. The van der Waals surface area contributed by atoms with Crippen molar-refractivity contribution in [1.29, 1.82) is 0 Å². The van der Waals surface area contributed by atoms with Gasteiger partial charge in [0.15, 0.2) is 0 Å². The molecule has 0 bridgehead atoms. The molecule has 70 valence electrons. The normalized spacial score (nSPS) is 26.4. The second-order valence-corrected chi connectivity index (χ2v) is 3.60. The minimum Gasteiger partial charge on any atom is -0.362 e. The summed E-state index contributed by atoms with van der Waals surface area (Å²) < 4.78 is 0. The number of likely N-dealkylation sites (N-methyl/N-ethyl adjacent to an activating group) is 2. The molecule has 0 aliphatic carbocycles. The van der Waals surface area contributed by atoms with Crippen LogP contribution in [-0.4, -0.2) is 56.4 Å². The highest BCUT2D eigenvalue weighted by atomic mass is 15.2. The average molecular weight is 169 g/mol. The fraction of sp³-hybridized carbons (Fsp3) is 0.889. The van der Waals surface area contributed by atoms with Gasteiger partial charge in [0.05, 0.1) is 6.34 Å². The first-order chi connectivity index (χ1) is 5.74. The third-order valence-electron chi connectivity index (χ3n) is 2.47. The van der Waals surface area contributed by atoms with E-state index in [-0.39, 0.29) is 0 Å². The second-order valence-electron chi connectivity index (χ2n) is 3.60. The molecule has 0 aromatic rings. The van der Waals surface area contributed by atoms with Gasteiger partial charge in [-0.2, -0.15) is 0 Å². The van der Waals surface area contributed by atoms with Gasteiger partial charge in [-0.3, -0.25) is 4.99 Å². The number of hydrogen-bond acceptors (Lipinski definition) is 2. The predicted octanol–water partition coefficient (Wildman–Crippen LogP) is 0.670. The van der Waals surface area contributed by atoms with Crippen LogP contribution >= 0.6 is 0 Å². The molecule has 0 aromatic carbocycles. The zero-order chi connectivity index (χ0) is 8.97. The monoisotopic (exact) mass is 169 g/mol. The molecular formula is C9H19N3. The minimum atomic E-state index is 0.660. The molecule has 0 radical (unpaired) electrons. The maximum atomic E-state index is 4.02. The minimum absolute atomic E-state index is 0.660. The Morgan fingerprint density at radius 3 is 2.92 bits per heavy atom. The summed E-state index contributed by atoms with van der Waals surface area (Å²) in [7, 11) is 6.11. The third kappa shape index (κ3) is 2.48. The maximum absolute atomic E-state index is 4.02.